The third kappa shape index (κ3) is 4.74. The molecule has 0 saturated heterocycles. The van der Waals surface area contributed by atoms with Gasteiger partial charge in [0.05, 0.1) is 0 Å². The molecule has 0 aliphatic rings. The maximum atomic E-state index is 11.9. The molecule has 1 radical (unpaired) electrons. The first-order chi connectivity index (χ1) is 3.39. The van der Waals surface area contributed by atoms with Crippen LogP contribution in [0.25, 0.3) is 0 Å². The summed E-state index contributed by atoms with van der Waals surface area (Å²) in [7, 11) is 0. The first kappa shape index (κ1) is 12.0. The Morgan fingerprint density at radius 1 is 1.44 bits per heavy atom. The number of hydrogen-bond donors (Lipinski definition) is 0. The fourth-order valence-electron chi connectivity index (χ4n) is 0.371. The second-order valence-electron chi connectivity index (χ2n) is 1.22. The van der Waals surface area contributed by atoms with E-state index in [-0.39, 0.29) is 42.3 Å². The standard InChI is InChI=1S/C6H4F.BrH.Zn/c7-6-4-2-1-3-5-6;;/h1-2,4-5H;1H;/p-1. The fourth-order valence-corrected chi connectivity index (χ4v) is 0.371. The van der Waals surface area contributed by atoms with Crippen molar-refractivity contribution in [2.45, 2.75) is 0 Å². The van der Waals surface area contributed by atoms with Gasteiger partial charge in [-0.1, -0.05) is 12.1 Å². The van der Waals surface area contributed by atoms with Crippen molar-refractivity contribution in [3.8, 4) is 0 Å². The number of benzene rings is 1. The molecule has 0 N–H and O–H groups in total. The van der Waals surface area contributed by atoms with Gasteiger partial charge >= 0.3 is 0 Å². The van der Waals surface area contributed by atoms with Crippen LogP contribution in [-0.2, 0) is 19.5 Å². The Morgan fingerprint density at radius 2 is 2.11 bits per heavy atom. The van der Waals surface area contributed by atoms with Crippen LogP contribution in [0.3, 0.4) is 0 Å². The summed E-state index contributed by atoms with van der Waals surface area (Å²) in [5, 5.41) is 0. The maximum absolute atomic E-state index is 11.9. The molecule has 0 atom stereocenters. The van der Waals surface area contributed by atoms with Gasteiger partial charge in [0.25, 0.3) is 0 Å². The first-order valence-corrected chi connectivity index (χ1v) is 2.01. The maximum Gasteiger partial charge on any atom is 0.123 e. The van der Waals surface area contributed by atoms with Crippen LogP contribution in [-0.4, -0.2) is 0 Å². The molecule has 0 amide bonds. The van der Waals surface area contributed by atoms with Gasteiger partial charge in [-0.15, -0.1) is 0 Å². The largest absolute Gasteiger partial charge is 1.00 e. The average molecular weight is 240 g/mol. The van der Waals surface area contributed by atoms with Crippen molar-refractivity contribution >= 4 is 0 Å². The van der Waals surface area contributed by atoms with Gasteiger partial charge in [0, 0.05) is 19.5 Å². The van der Waals surface area contributed by atoms with Gasteiger partial charge in [-0.2, -0.15) is 0 Å². The van der Waals surface area contributed by atoms with Gasteiger partial charge in [-0.05, 0) is 18.2 Å². The van der Waals surface area contributed by atoms with E-state index in [1.165, 1.54) is 12.1 Å². The Labute approximate surface area is 77.0 Å². The molecule has 0 bridgehead atoms. The zero-order valence-corrected chi connectivity index (χ0v) is 9.33. The molecule has 0 aliphatic carbocycles. The average Bonchev–Trinajstić information content (AvgIpc) is 1.69. The molecule has 0 unspecified atom stereocenters. The van der Waals surface area contributed by atoms with Crippen molar-refractivity contribution in [3.05, 3.63) is 36.1 Å². The van der Waals surface area contributed by atoms with Crippen LogP contribution < -0.4 is 17.0 Å². The molecular weight excluding hydrogens is 236 g/mol. The zero-order valence-electron chi connectivity index (χ0n) is 4.77. The van der Waals surface area contributed by atoms with E-state index in [1.54, 1.807) is 12.1 Å². The van der Waals surface area contributed by atoms with E-state index in [1.807, 2.05) is 0 Å². The van der Waals surface area contributed by atoms with Crippen LogP contribution in [0.2, 0.25) is 0 Å². The van der Waals surface area contributed by atoms with Crippen molar-refractivity contribution in [1.29, 1.82) is 0 Å². The van der Waals surface area contributed by atoms with Crippen molar-refractivity contribution in [3.63, 3.8) is 0 Å². The topological polar surface area (TPSA) is 0 Å². The van der Waals surface area contributed by atoms with E-state index < -0.39 is 0 Å². The van der Waals surface area contributed by atoms with Crippen LogP contribution in [0, 0.1) is 11.9 Å². The Bertz CT molecular complexity index is 143. The summed E-state index contributed by atoms with van der Waals surface area (Å²) in [4.78, 5) is 0. The van der Waals surface area contributed by atoms with E-state index in [0.29, 0.717) is 0 Å². The van der Waals surface area contributed by atoms with Gasteiger partial charge < -0.3 is 17.0 Å². The minimum atomic E-state index is -0.234. The van der Waals surface area contributed by atoms with Crippen molar-refractivity contribution in [2.75, 3.05) is 0 Å². The minimum Gasteiger partial charge on any atom is -1.00 e. The third-order valence-corrected chi connectivity index (χ3v) is 0.669. The summed E-state index contributed by atoms with van der Waals surface area (Å²) < 4.78 is 11.9. The molecule has 9 heavy (non-hydrogen) atoms. The van der Waals surface area contributed by atoms with Crippen molar-refractivity contribution in [1.82, 2.24) is 0 Å². The van der Waals surface area contributed by atoms with Crippen LogP contribution in [0.1, 0.15) is 0 Å². The predicted octanol–water partition coefficient (Wildman–Crippen LogP) is -1.37. The summed E-state index contributed by atoms with van der Waals surface area (Å²) in [6, 6.07) is 8.53. The molecule has 0 nitrogen and oxygen atoms in total. The Kier molecular flexibility index (Phi) is 8.49. The van der Waals surface area contributed by atoms with Crippen molar-refractivity contribution < 1.29 is 40.8 Å². The monoisotopic (exact) mass is 238 g/mol. The molecule has 0 fully saturated rings. The predicted molar refractivity (Wildman–Crippen MR) is 25.2 cm³/mol. The Hall–Kier alpha value is 0.253. The number of hydrogen-bond acceptors (Lipinski definition) is 0. The molecule has 3 heteroatoms. The second-order valence-corrected chi connectivity index (χ2v) is 1.22. The van der Waals surface area contributed by atoms with Gasteiger partial charge in [0.15, 0.2) is 0 Å². The van der Waals surface area contributed by atoms with Gasteiger partial charge in [-0.3, -0.25) is 0 Å². The molecule has 0 heterocycles. The van der Waals surface area contributed by atoms with Crippen LogP contribution >= 0.6 is 0 Å². The minimum absolute atomic E-state index is 0. The van der Waals surface area contributed by atoms with Crippen LogP contribution in [0.15, 0.2) is 24.3 Å². The molecule has 45 valence electrons. The normalized spacial score (nSPS) is 6.78. The first-order valence-electron chi connectivity index (χ1n) is 2.01. The number of rotatable bonds is 0. The van der Waals surface area contributed by atoms with Crippen molar-refractivity contribution in [2.24, 2.45) is 0 Å². The third-order valence-electron chi connectivity index (χ3n) is 0.669. The summed E-state index contributed by atoms with van der Waals surface area (Å²) in [6.45, 7) is 0. The van der Waals surface area contributed by atoms with Gasteiger partial charge in [0.1, 0.15) is 5.82 Å². The van der Waals surface area contributed by atoms with E-state index in [4.69, 9.17) is 0 Å². The van der Waals surface area contributed by atoms with E-state index in [2.05, 4.69) is 6.07 Å². The van der Waals surface area contributed by atoms with Crippen LogP contribution in [0.5, 0.6) is 0 Å². The smallest absolute Gasteiger partial charge is 0.123 e. The van der Waals surface area contributed by atoms with E-state index >= 15 is 0 Å². The van der Waals surface area contributed by atoms with Gasteiger partial charge in [0.2, 0.25) is 0 Å². The Balaban J connectivity index is 0. The van der Waals surface area contributed by atoms with E-state index in [9.17, 15) is 4.39 Å². The molecular formula is C6H4BrFZn-. The summed E-state index contributed by atoms with van der Waals surface area (Å²) >= 11 is 0. The molecule has 1 aromatic carbocycles. The molecule has 0 saturated carbocycles. The molecule has 1 aromatic rings. The van der Waals surface area contributed by atoms with E-state index in [0.717, 1.165) is 0 Å². The Morgan fingerprint density at radius 3 is 2.33 bits per heavy atom. The molecule has 0 aromatic heterocycles. The summed E-state index contributed by atoms with van der Waals surface area (Å²) in [6.07, 6.45) is 0. The molecule has 0 spiro atoms. The number of halogens is 2. The van der Waals surface area contributed by atoms with Gasteiger partial charge in [-0.25, -0.2) is 4.39 Å². The quantitative estimate of drug-likeness (QED) is 0.491. The molecule has 1 rings (SSSR count). The summed E-state index contributed by atoms with van der Waals surface area (Å²) in [5.41, 5.74) is 0. The summed E-state index contributed by atoms with van der Waals surface area (Å²) in [5.74, 6) is -0.234. The fraction of sp³-hybridized carbons (Fsp3) is 0. The zero-order chi connectivity index (χ0) is 5.11. The SMILES string of the molecule is Fc1c[c]ccc1.[Br-].[Zn]. The van der Waals surface area contributed by atoms with Crippen LogP contribution in [0.4, 0.5) is 4.39 Å². The molecule has 0 aliphatic heterocycles. The second kappa shape index (κ2) is 6.37.